The van der Waals surface area contributed by atoms with Crippen LogP contribution in [0.2, 0.25) is 5.02 Å². The summed E-state index contributed by atoms with van der Waals surface area (Å²) in [6.07, 6.45) is 2.80. The zero-order valence-electron chi connectivity index (χ0n) is 18.2. The van der Waals surface area contributed by atoms with E-state index in [4.69, 9.17) is 16.7 Å². The maximum atomic E-state index is 15.5. The number of halogens is 3. The van der Waals surface area contributed by atoms with Gasteiger partial charge in [-0.3, -0.25) is 5.01 Å². The maximum absolute atomic E-state index is 15.5. The van der Waals surface area contributed by atoms with E-state index in [1.165, 1.54) is 17.2 Å². The normalized spacial score (nSPS) is 17.2. The van der Waals surface area contributed by atoms with Crippen LogP contribution in [0.1, 0.15) is 41.1 Å². The second-order valence-electron chi connectivity index (χ2n) is 8.57. The minimum atomic E-state index is -3.15. The van der Waals surface area contributed by atoms with Gasteiger partial charge in [0.2, 0.25) is 0 Å². The molecule has 166 valence electrons. The first-order valence-corrected chi connectivity index (χ1v) is 11.3. The monoisotopic (exact) mass is 460 g/mol. The Hall–Kier alpha value is -3.24. The SMILES string of the molecule is C=CCC(F)(F)C1=Cc2cc(Cl)cc(c2)-c2ccccc2C2=NN1C(c1ccc(C)cc1)C2. The van der Waals surface area contributed by atoms with Crippen LogP contribution in [0.5, 0.6) is 0 Å². The van der Waals surface area contributed by atoms with Crippen molar-refractivity contribution in [2.75, 3.05) is 0 Å². The van der Waals surface area contributed by atoms with Gasteiger partial charge in [-0.15, -0.1) is 6.58 Å². The van der Waals surface area contributed by atoms with Gasteiger partial charge in [-0.2, -0.15) is 13.9 Å². The molecular formula is C28H23ClF2N2. The Kier molecular flexibility index (Phi) is 5.41. The van der Waals surface area contributed by atoms with Crippen molar-refractivity contribution in [1.29, 1.82) is 0 Å². The second-order valence-corrected chi connectivity index (χ2v) is 9.00. The third kappa shape index (κ3) is 4.00. The summed E-state index contributed by atoms with van der Waals surface area (Å²) in [6, 6.07) is 21.1. The number of hydrogen-bond acceptors (Lipinski definition) is 2. The summed E-state index contributed by atoms with van der Waals surface area (Å²) in [5.74, 6) is -3.15. The van der Waals surface area contributed by atoms with Crippen LogP contribution in [-0.4, -0.2) is 16.6 Å². The van der Waals surface area contributed by atoms with Crippen molar-refractivity contribution in [2.45, 2.75) is 31.7 Å². The number of rotatable bonds is 4. The number of nitrogens with zero attached hydrogens (tertiary/aromatic N) is 2. The number of hydrazone groups is 1. The third-order valence-corrected chi connectivity index (χ3v) is 6.39. The zero-order chi connectivity index (χ0) is 23.2. The van der Waals surface area contributed by atoms with Gasteiger partial charge in [0, 0.05) is 23.4 Å². The van der Waals surface area contributed by atoms with Crippen molar-refractivity contribution >= 4 is 23.4 Å². The second kappa shape index (κ2) is 8.27. The number of aryl methyl sites for hydroxylation is 1. The van der Waals surface area contributed by atoms with E-state index in [0.717, 1.165) is 33.5 Å². The Morgan fingerprint density at radius 1 is 1.09 bits per heavy atom. The Labute approximate surface area is 197 Å². The van der Waals surface area contributed by atoms with Crippen LogP contribution in [0.3, 0.4) is 0 Å². The van der Waals surface area contributed by atoms with Crippen LogP contribution in [0.25, 0.3) is 17.2 Å². The molecule has 5 rings (SSSR count). The fourth-order valence-electron chi connectivity index (χ4n) is 4.56. The smallest absolute Gasteiger partial charge is 0.255 e. The predicted octanol–water partition coefficient (Wildman–Crippen LogP) is 8.03. The highest BCUT2D eigenvalue weighted by molar-refractivity contribution is 6.31. The van der Waals surface area contributed by atoms with E-state index in [-0.39, 0.29) is 11.7 Å². The fourth-order valence-corrected chi connectivity index (χ4v) is 4.81. The average Bonchev–Trinajstić information content (AvgIpc) is 3.21. The van der Waals surface area contributed by atoms with E-state index in [1.54, 1.807) is 6.07 Å². The summed E-state index contributed by atoms with van der Waals surface area (Å²) in [5.41, 5.74) is 6.09. The molecule has 0 aromatic heterocycles. The number of hydrogen-bond donors (Lipinski definition) is 0. The molecule has 33 heavy (non-hydrogen) atoms. The summed E-state index contributed by atoms with van der Waals surface area (Å²) in [7, 11) is 0. The molecule has 1 unspecified atom stereocenters. The average molecular weight is 461 g/mol. The van der Waals surface area contributed by atoms with E-state index in [0.29, 0.717) is 17.0 Å². The van der Waals surface area contributed by atoms with Crippen molar-refractivity contribution in [3.8, 4) is 11.1 Å². The van der Waals surface area contributed by atoms with Crippen LogP contribution in [-0.2, 0) is 0 Å². The molecule has 2 aliphatic heterocycles. The molecule has 4 bridgehead atoms. The van der Waals surface area contributed by atoms with Gasteiger partial charge in [0.15, 0.2) is 0 Å². The molecule has 2 aliphatic rings. The van der Waals surface area contributed by atoms with Crippen molar-refractivity contribution in [1.82, 2.24) is 5.01 Å². The molecule has 0 radical (unpaired) electrons. The van der Waals surface area contributed by atoms with Gasteiger partial charge in [-0.1, -0.05) is 71.8 Å². The van der Waals surface area contributed by atoms with E-state index >= 15 is 8.78 Å². The van der Waals surface area contributed by atoms with Gasteiger partial charge in [0.05, 0.1) is 11.8 Å². The molecule has 0 saturated carbocycles. The van der Waals surface area contributed by atoms with E-state index in [9.17, 15) is 0 Å². The van der Waals surface area contributed by atoms with Gasteiger partial charge < -0.3 is 0 Å². The third-order valence-electron chi connectivity index (χ3n) is 6.17. The Bertz CT molecular complexity index is 1290. The number of fused-ring (bicyclic) bond motifs is 6. The molecular weight excluding hydrogens is 438 g/mol. The topological polar surface area (TPSA) is 15.6 Å². The van der Waals surface area contributed by atoms with Gasteiger partial charge in [-0.25, -0.2) is 0 Å². The highest BCUT2D eigenvalue weighted by atomic mass is 35.5. The molecule has 2 nitrogen and oxygen atoms in total. The van der Waals surface area contributed by atoms with Crippen LogP contribution in [0.4, 0.5) is 8.78 Å². The van der Waals surface area contributed by atoms with E-state index in [2.05, 4.69) is 6.58 Å². The largest absolute Gasteiger partial charge is 0.292 e. The van der Waals surface area contributed by atoms with E-state index in [1.807, 2.05) is 67.6 Å². The minimum Gasteiger partial charge on any atom is -0.255 e. The molecule has 0 N–H and O–H groups in total. The van der Waals surface area contributed by atoms with Gasteiger partial charge in [0.1, 0.15) is 5.70 Å². The first kappa shape index (κ1) is 21.6. The molecule has 3 aromatic rings. The van der Waals surface area contributed by atoms with Crippen molar-refractivity contribution < 1.29 is 8.78 Å². The van der Waals surface area contributed by atoms with Gasteiger partial charge >= 0.3 is 0 Å². The van der Waals surface area contributed by atoms with Crippen LogP contribution >= 0.6 is 11.6 Å². The number of alkyl halides is 2. The number of allylic oxidation sites excluding steroid dienone is 2. The minimum absolute atomic E-state index is 0.157. The lowest BCUT2D eigenvalue weighted by Crippen LogP contribution is -2.31. The Morgan fingerprint density at radius 2 is 1.82 bits per heavy atom. The summed E-state index contributed by atoms with van der Waals surface area (Å²) in [5, 5.41) is 6.81. The van der Waals surface area contributed by atoms with Crippen LogP contribution in [0, 0.1) is 6.92 Å². The molecule has 1 atom stereocenters. The summed E-state index contributed by atoms with van der Waals surface area (Å²) < 4.78 is 31.1. The molecule has 0 amide bonds. The van der Waals surface area contributed by atoms with Crippen molar-refractivity contribution in [2.24, 2.45) is 5.10 Å². The van der Waals surface area contributed by atoms with Crippen LogP contribution < -0.4 is 0 Å². The number of benzene rings is 3. The van der Waals surface area contributed by atoms with Crippen LogP contribution in [0.15, 0.2) is 90.2 Å². The highest BCUT2D eigenvalue weighted by Crippen LogP contribution is 2.44. The first-order chi connectivity index (χ1) is 15.9. The standard InChI is InChI=1S/C28H23ClF2N2/c1-3-12-28(30,31)27-15-19-13-21(16-22(29)14-19)23-6-4-5-7-24(23)25-17-26(33(27)32-25)20-10-8-18(2)9-11-20/h3-11,13-16,26H,1,12,17H2,2H3. The summed E-state index contributed by atoms with van der Waals surface area (Å²) in [4.78, 5) is 0. The molecule has 0 saturated heterocycles. The van der Waals surface area contributed by atoms with Gasteiger partial charge in [0.25, 0.3) is 5.92 Å². The van der Waals surface area contributed by atoms with E-state index < -0.39 is 12.3 Å². The molecule has 0 fully saturated rings. The zero-order valence-corrected chi connectivity index (χ0v) is 19.0. The lowest BCUT2D eigenvalue weighted by atomic mass is 9.92. The molecule has 2 heterocycles. The molecule has 0 aliphatic carbocycles. The quantitative estimate of drug-likeness (QED) is 0.360. The summed E-state index contributed by atoms with van der Waals surface area (Å²) in [6.45, 7) is 5.56. The summed E-state index contributed by atoms with van der Waals surface area (Å²) >= 11 is 6.42. The predicted molar refractivity (Wildman–Crippen MR) is 132 cm³/mol. The van der Waals surface area contributed by atoms with Crippen molar-refractivity contribution in [3.63, 3.8) is 0 Å². The highest BCUT2D eigenvalue weighted by Gasteiger charge is 2.43. The maximum Gasteiger partial charge on any atom is 0.292 e. The molecule has 0 spiro atoms. The van der Waals surface area contributed by atoms with Crippen molar-refractivity contribution in [3.05, 3.63) is 112 Å². The fraction of sp³-hybridized carbons (Fsp3) is 0.179. The first-order valence-electron chi connectivity index (χ1n) is 10.9. The Balaban J connectivity index is 1.78. The van der Waals surface area contributed by atoms with Gasteiger partial charge in [-0.05, 0) is 53.5 Å². The Morgan fingerprint density at radius 3 is 2.55 bits per heavy atom. The molecule has 3 aromatic carbocycles. The lowest BCUT2D eigenvalue weighted by molar-refractivity contribution is 0.0102. The lowest BCUT2D eigenvalue weighted by Gasteiger charge is -2.31. The molecule has 5 heteroatoms.